The number of piperidine rings is 1. The molecule has 96 valence electrons. The Labute approximate surface area is 97.3 Å². The van der Waals surface area contributed by atoms with Crippen LogP contribution in [0, 0.1) is 5.92 Å². The molecule has 0 unspecified atom stereocenters. The van der Waals surface area contributed by atoms with Crippen LogP contribution in [0.1, 0.15) is 20.3 Å². The summed E-state index contributed by atoms with van der Waals surface area (Å²) in [4.78, 5) is 2.13. The van der Waals surface area contributed by atoms with Gasteiger partial charge in [0.2, 0.25) is 0 Å². The van der Waals surface area contributed by atoms with Gasteiger partial charge in [-0.25, -0.2) is 0 Å². The lowest BCUT2D eigenvalue weighted by atomic mass is 9.91. The number of aliphatic hydroxyl groups is 1. The third kappa shape index (κ3) is 2.07. The van der Waals surface area contributed by atoms with Crippen LogP contribution < -0.4 is 0 Å². The Kier molecular flexibility index (Phi) is 4.19. The summed E-state index contributed by atoms with van der Waals surface area (Å²) in [5.41, 5.74) is 0. The summed E-state index contributed by atoms with van der Waals surface area (Å²) in [6.07, 6.45) is 0.392. The second kappa shape index (κ2) is 4.75. The van der Waals surface area contributed by atoms with E-state index in [1.54, 1.807) is 0 Å². The van der Waals surface area contributed by atoms with Gasteiger partial charge in [0.25, 0.3) is 0 Å². The third-order valence-corrected chi connectivity index (χ3v) is 6.19. The van der Waals surface area contributed by atoms with E-state index in [1.807, 2.05) is 20.9 Å². The molecule has 1 fully saturated rings. The van der Waals surface area contributed by atoms with E-state index in [4.69, 9.17) is 9.05 Å². The van der Waals surface area contributed by atoms with Crippen molar-refractivity contribution in [1.82, 2.24) is 4.90 Å². The summed E-state index contributed by atoms with van der Waals surface area (Å²) < 4.78 is 22.3. The predicted molar refractivity (Wildman–Crippen MR) is 62.4 cm³/mol. The minimum absolute atomic E-state index is 0.153. The van der Waals surface area contributed by atoms with Crippen molar-refractivity contribution in [1.29, 1.82) is 0 Å². The molecule has 0 aliphatic carbocycles. The van der Waals surface area contributed by atoms with Gasteiger partial charge in [-0.15, -0.1) is 0 Å². The van der Waals surface area contributed by atoms with Gasteiger partial charge in [0.1, 0.15) is 0 Å². The van der Waals surface area contributed by atoms with Crippen LogP contribution in [0.5, 0.6) is 0 Å². The van der Waals surface area contributed by atoms with E-state index in [-0.39, 0.29) is 12.0 Å². The summed E-state index contributed by atoms with van der Waals surface area (Å²) in [5.74, 6) is -0.153. The lowest BCUT2D eigenvalue weighted by Crippen LogP contribution is -2.53. The van der Waals surface area contributed by atoms with Gasteiger partial charge in [0.05, 0.1) is 0 Å². The first kappa shape index (κ1) is 14.1. The van der Waals surface area contributed by atoms with Crippen LogP contribution in [0.3, 0.4) is 0 Å². The van der Waals surface area contributed by atoms with Crippen molar-refractivity contribution in [2.75, 3.05) is 27.8 Å². The van der Waals surface area contributed by atoms with E-state index >= 15 is 0 Å². The fourth-order valence-corrected chi connectivity index (χ4v) is 4.21. The van der Waals surface area contributed by atoms with Gasteiger partial charge in [-0.3, -0.25) is 4.57 Å². The molecule has 6 heteroatoms. The van der Waals surface area contributed by atoms with Crippen LogP contribution in [0.4, 0.5) is 0 Å². The van der Waals surface area contributed by atoms with Gasteiger partial charge in [-0.05, 0) is 14.0 Å². The number of hydrogen-bond donors (Lipinski definition) is 1. The largest absolute Gasteiger partial charge is 0.377 e. The molecule has 0 saturated carbocycles. The van der Waals surface area contributed by atoms with Crippen molar-refractivity contribution in [2.45, 2.75) is 31.7 Å². The maximum Gasteiger partial charge on any atom is 0.361 e. The summed E-state index contributed by atoms with van der Waals surface area (Å²) in [5, 5.41) is 9.22. The molecular weight excluding hydrogens is 229 g/mol. The SMILES string of the molecule is COP(=O)(OC)[C@]1(O)C[C@@H](C)N(C)C[C@H]1C. The molecular formula is C10H22NO4P. The van der Waals surface area contributed by atoms with Gasteiger partial charge >= 0.3 is 7.60 Å². The number of nitrogens with zero attached hydrogens (tertiary/aromatic N) is 1. The molecule has 0 aromatic heterocycles. The maximum atomic E-state index is 12.4. The van der Waals surface area contributed by atoms with Crippen LogP contribution in [0.15, 0.2) is 0 Å². The van der Waals surface area contributed by atoms with E-state index in [0.29, 0.717) is 13.0 Å². The molecule has 5 nitrogen and oxygen atoms in total. The minimum Gasteiger partial charge on any atom is -0.377 e. The van der Waals surface area contributed by atoms with E-state index in [9.17, 15) is 9.67 Å². The molecule has 1 saturated heterocycles. The molecule has 0 aromatic rings. The average molecular weight is 251 g/mol. The smallest absolute Gasteiger partial charge is 0.361 e. The van der Waals surface area contributed by atoms with E-state index in [2.05, 4.69) is 4.90 Å². The fourth-order valence-electron chi connectivity index (χ4n) is 2.32. The van der Waals surface area contributed by atoms with Gasteiger partial charge in [0.15, 0.2) is 5.34 Å². The zero-order valence-electron chi connectivity index (χ0n) is 10.6. The highest BCUT2D eigenvalue weighted by atomic mass is 31.2. The van der Waals surface area contributed by atoms with Gasteiger partial charge in [-0.2, -0.15) is 0 Å². The van der Waals surface area contributed by atoms with E-state index in [1.165, 1.54) is 14.2 Å². The monoisotopic (exact) mass is 251 g/mol. The standard InChI is InChI=1S/C10H22NO4P/c1-8-7-11(3)9(2)6-10(8,12)16(13,14-4)15-5/h8-9,12H,6-7H2,1-5H3/t8-,9-,10-/m1/s1. The zero-order valence-corrected chi connectivity index (χ0v) is 11.5. The topological polar surface area (TPSA) is 59.0 Å². The predicted octanol–water partition coefficient (Wildman–Crippen LogP) is 1.52. The van der Waals surface area contributed by atoms with Crippen molar-refractivity contribution in [3.63, 3.8) is 0 Å². The van der Waals surface area contributed by atoms with Crippen molar-refractivity contribution in [3.05, 3.63) is 0 Å². The molecule has 0 spiro atoms. The molecule has 1 rings (SSSR count). The van der Waals surface area contributed by atoms with Crippen molar-refractivity contribution in [2.24, 2.45) is 5.92 Å². The van der Waals surface area contributed by atoms with E-state index in [0.717, 1.165) is 0 Å². The van der Waals surface area contributed by atoms with Crippen LogP contribution in [-0.2, 0) is 13.6 Å². The second-order valence-corrected chi connectivity index (χ2v) is 7.13. The first-order chi connectivity index (χ1) is 7.30. The lowest BCUT2D eigenvalue weighted by Gasteiger charge is -2.47. The molecule has 0 amide bonds. The summed E-state index contributed by atoms with van der Waals surface area (Å²) in [6, 6.07) is 0.153. The Hall–Kier alpha value is 0.0700. The van der Waals surface area contributed by atoms with Crippen LogP contribution in [0.25, 0.3) is 0 Å². The Bertz CT molecular complexity index is 291. The fraction of sp³-hybridized carbons (Fsp3) is 1.00. The van der Waals surface area contributed by atoms with Gasteiger partial charge < -0.3 is 19.1 Å². The molecule has 0 radical (unpaired) electrons. The highest BCUT2D eigenvalue weighted by Gasteiger charge is 2.55. The van der Waals surface area contributed by atoms with Gasteiger partial charge in [-0.1, -0.05) is 6.92 Å². The average Bonchev–Trinajstić information content (AvgIpc) is 2.25. The molecule has 3 atom stereocenters. The molecule has 1 heterocycles. The zero-order chi connectivity index (χ0) is 12.6. The Morgan fingerprint density at radius 1 is 1.38 bits per heavy atom. The summed E-state index contributed by atoms with van der Waals surface area (Å²) in [6.45, 7) is 4.54. The molecule has 16 heavy (non-hydrogen) atoms. The number of likely N-dealkylation sites (tertiary alicyclic amines) is 1. The second-order valence-electron chi connectivity index (χ2n) is 4.63. The Morgan fingerprint density at radius 3 is 2.31 bits per heavy atom. The molecule has 1 aliphatic heterocycles. The molecule has 0 bridgehead atoms. The van der Waals surface area contributed by atoms with Gasteiger partial charge in [0, 0.05) is 39.1 Å². The number of rotatable bonds is 3. The maximum absolute atomic E-state index is 12.4. The Balaban J connectivity index is 3.03. The normalized spacial score (nSPS) is 37.6. The van der Waals surface area contributed by atoms with E-state index < -0.39 is 12.9 Å². The summed E-state index contributed by atoms with van der Waals surface area (Å²) >= 11 is 0. The van der Waals surface area contributed by atoms with Crippen molar-refractivity contribution in [3.8, 4) is 0 Å². The quantitative estimate of drug-likeness (QED) is 0.771. The van der Waals surface area contributed by atoms with Crippen molar-refractivity contribution >= 4 is 7.60 Å². The highest BCUT2D eigenvalue weighted by Crippen LogP contribution is 2.63. The van der Waals surface area contributed by atoms with Crippen LogP contribution >= 0.6 is 7.60 Å². The van der Waals surface area contributed by atoms with Crippen LogP contribution in [0.2, 0.25) is 0 Å². The molecule has 1 aliphatic rings. The Morgan fingerprint density at radius 2 is 1.88 bits per heavy atom. The highest BCUT2D eigenvalue weighted by molar-refractivity contribution is 7.55. The van der Waals surface area contributed by atoms with Crippen molar-refractivity contribution < 1.29 is 18.7 Å². The summed E-state index contributed by atoms with van der Waals surface area (Å²) in [7, 11) is 1.17. The van der Waals surface area contributed by atoms with Crippen LogP contribution in [-0.4, -0.2) is 49.2 Å². The molecule has 0 aromatic carbocycles. The first-order valence-corrected chi connectivity index (χ1v) is 6.99. The first-order valence-electron chi connectivity index (χ1n) is 5.45. The number of hydrogen-bond acceptors (Lipinski definition) is 5. The lowest BCUT2D eigenvalue weighted by molar-refractivity contribution is -0.0376. The molecule has 1 N–H and O–H groups in total. The minimum atomic E-state index is -3.46. The third-order valence-electron chi connectivity index (χ3n) is 3.65.